The largest absolute Gasteiger partial charge is 0.487 e. The van der Waals surface area contributed by atoms with Gasteiger partial charge in [-0.05, 0) is 62.0 Å². The maximum absolute atomic E-state index is 14.1. The molecule has 1 aliphatic carbocycles. The summed E-state index contributed by atoms with van der Waals surface area (Å²) < 4.78 is 18.5. The number of aromatic nitrogens is 4. The van der Waals surface area contributed by atoms with E-state index in [1.54, 1.807) is 18.6 Å². The Morgan fingerprint density at radius 2 is 1.83 bits per heavy atom. The highest BCUT2D eigenvalue weighted by Gasteiger charge is 2.47. The fraction of sp³-hybridized carbons (Fsp3) is 0.583. The fourth-order valence-electron chi connectivity index (χ4n) is 7.14. The van der Waals surface area contributed by atoms with Crippen molar-refractivity contribution in [2.45, 2.75) is 110 Å². The Kier molecular flexibility index (Phi) is 10.1. The molecule has 48 heavy (non-hydrogen) atoms. The van der Waals surface area contributed by atoms with Crippen molar-refractivity contribution in [1.29, 1.82) is 0 Å². The van der Waals surface area contributed by atoms with Crippen LogP contribution in [0.5, 0.6) is 11.6 Å². The smallest absolute Gasteiger partial charge is 0.408 e. The van der Waals surface area contributed by atoms with E-state index in [0.717, 1.165) is 62.4 Å². The number of carbonyl (C=O) groups is 3. The van der Waals surface area contributed by atoms with Crippen LogP contribution in [-0.4, -0.2) is 74.0 Å². The lowest BCUT2D eigenvalue weighted by Gasteiger charge is -2.35. The number of carbonyl (C=O) groups excluding carboxylic acids is 3. The first-order valence-electron chi connectivity index (χ1n) is 17.2. The summed E-state index contributed by atoms with van der Waals surface area (Å²) in [5, 5.41) is 2.88. The molecule has 6 atom stereocenters. The van der Waals surface area contributed by atoms with Crippen molar-refractivity contribution >= 4 is 29.3 Å². The van der Waals surface area contributed by atoms with Crippen molar-refractivity contribution in [3.63, 3.8) is 0 Å². The summed E-state index contributed by atoms with van der Waals surface area (Å²) >= 11 is 0. The minimum absolute atomic E-state index is 0.165. The summed E-state index contributed by atoms with van der Waals surface area (Å²) in [6, 6.07) is 3.95. The summed E-state index contributed by atoms with van der Waals surface area (Å²) in [6.45, 7) is 8.01. The molecule has 256 valence electrons. The van der Waals surface area contributed by atoms with Gasteiger partial charge in [-0.25, -0.2) is 14.8 Å². The molecule has 2 aliphatic heterocycles. The molecule has 1 saturated carbocycles. The van der Waals surface area contributed by atoms with E-state index < -0.39 is 29.7 Å². The Labute approximate surface area is 281 Å². The highest BCUT2D eigenvalue weighted by atomic mass is 16.6. The maximum Gasteiger partial charge on any atom is 0.408 e. The van der Waals surface area contributed by atoms with Crippen LogP contribution >= 0.6 is 0 Å². The Hall–Kier alpha value is -4.35. The summed E-state index contributed by atoms with van der Waals surface area (Å²) in [5.41, 5.74) is 2.16. The maximum atomic E-state index is 14.1. The molecule has 12 heteroatoms. The minimum atomic E-state index is -0.895. The van der Waals surface area contributed by atoms with Crippen LogP contribution in [0.2, 0.25) is 0 Å². The van der Waals surface area contributed by atoms with Gasteiger partial charge in [-0.3, -0.25) is 14.8 Å². The van der Waals surface area contributed by atoms with Crippen LogP contribution in [0.25, 0.3) is 11.0 Å². The molecule has 0 unspecified atom stereocenters. The van der Waals surface area contributed by atoms with E-state index in [2.05, 4.69) is 15.3 Å². The van der Waals surface area contributed by atoms with Crippen LogP contribution in [0.15, 0.2) is 36.8 Å². The molecule has 0 radical (unpaired) electrons. The normalized spacial score (nSPS) is 27.1. The van der Waals surface area contributed by atoms with E-state index in [-0.39, 0.29) is 31.1 Å². The standard InChI is InChI=1S/C36H46N6O6/c1-22-29(20-43)42-19-31(22)47-33-27(39-26-14-13-25(17-28(26)40-33)46-21-24-18-37-15-16-38-24)11-7-5-6-9-23-10-8-12-30(23)48-35(45)41-32(34(42)44)36(2,3)4/h13-18,20,22-23,29-32H,5-12,19,21H2,1-4H3,(H,41,45)/t22-,23+,29+,30+,31-,32+/m0/s1. The second kappa shape index (κ2) is 14.4. The third-order valence-electron chi connectivity index (χ3n) is 9.93. The molecule has 1 N–H and O–H groups in total. The van der Waals surface area contributed by atoms with E-state index >= 15 is 0 Å². The molecule has 6 rings (SSSR count). The first kappa shape index (κ1) is 33.5. The molecular weight excluding hydrogens is 612 g/mol. The predicted molar refractivity (Wildman–Crippen MR) is 177 cm³/mol. The predicted octanol–water partition coefficient (Wildman–Crippen LogP) is 5.22. The number of aryl methyl sites for hydroxylation is 1. The van der Waals surface area contributed by atoms with E-state index in [1.165, 1.54) is 4.90 Å². The number of nitrogens with zero attached hydrogens (tertiary/aromatic N) is 5. The number of benzene rings is 1. The number of ether oxygens (including phenoxy) is 3. The van der Waals surface area contributed by atoms with E-state index in [1.807, 2.05) is 45.9 Å². The molecule has 2 bridgehead atoms. The fourth-order valence-corrected chi connectivity index (χ4v) is 7.14. The van der Waals surface area contributed by atoms with Gasteiger partial charge in [0.05, 0.1) is 35.5 Å². The minimum Gasteiger partial charge on any atom is -0.487 e. The van der Waals surface area contributed by atoms with Crippen molar-refractivity contribution < 1.29 is 28.6 Å². The molecule has 12 nitrogen and oxygen atoms in total. The number of fused-ring (bicyclic) bond motifs is 5. The Morgan fingerprint density at radius 1 is 1.00 bits per heavy atom. The van der Waals surface area contributed by atoms with Crippen molar-refractivity contribution in [2.24, 2.45) is 17.3 Å². The third-order valence-corrected chi connectivity index (χ3v) is 9.93. The Bertz CT molecular complexity index is 1610. The van der Waals surface area contributed by atoms with Crippen molar-refractivity contribution in [3.8, 4) is 11.6 Å². The molecule has 4 heterocycles. The second-order valence-corrected chi connectivity index (χ2v) is 14.4. The van der Waals surface area contributed by atoms with Crippen molar-refractivity contribution in [1.82, 2.24) is 30.2 Å². The number of nitrogens with one attached hydrogen (secondary N) is 1. The zero-order chi connectivity index (χ0) is 33.8. The zero-order valence-electron chi connectivity index (χ0n) is 28.3. The molecule has 1 aromatic carbocycles. The van der Waals surface area contributed by atoms with Gasteiger partial charge in [0, 0.05) is 24.4 Å². The zero-order valence-corrected chi connectivity index (χ0v) is 28.3. The molecule has 1 saturated heterocycles. The summed E-state index contributed by atoms with van der Waals surface area (Å²) in [7, 11) is 0. The van der Waals surface area contributed by atoms with Crippen LogP contribution in [0, 0.1) is 17.3 Å². The molecule has 3 aromatic rings. The van der Waals surface area contributed by atoms with Gasteiger partial charge in [-0.15, -0.1) is 0 Å². The van der Waals surface area contributed by atoms with Gasteiger partial charge in [0.1, 0.15) is 42.6 Å². The number of aldehydes is 1. The topological polar surface area (TPSA) is 146 Å². The van der Waals surface area contributed by atoms with E-state index in [0.29, 0.717) is 35.2 Å². The molecule has 0 spiro atoms. The first-order valence-corrected chi connectivity index (χ1v) is 17.2. The van der Waals surface area contributed by atoms with E-state index in [4.69, 9.17) is 24.2 Å². The van der Waals surface area contributed by atoms with Crippen LogP contribution in [-0.2, 0) is 27.4 Å². The average molecular weight is 659 g/mol. The van der Waals surface area contributed by atoms with Crippen LogP contribution < -0.4 is 14.8 Å². The molecule has 2 fully saturated rings. The van der Waals surface area contributed by atoms with Gasteiger partial charge in [0.15, 0.2) is 0 Å². The lowest BCUT2D eigenvalue weighted by Crippen LogP contribution is -2.56. The summed E-state index contributed by atoms with van der Waals surface area (Å²) in [6.07, 6.45) is 11.8. The summed E-state index contributed by atoms with van der Waals surface area (Å²) in [4.78, 5) is 59.6. The van der Waals surface area contributed by atoms with Gasteiger partial charge in [-0.2, -0.15) is 0 Å². The van der Waals surface area contributed by atoms with Crippen molar-refractivity contribution in [3.05, 3.63) is 48.2 Å². The number of rotatable bonds is 4. The first-order chi connectivity index (χ1) is 23.1. The number of hydrogen-bond donors (Lipinski definition) is 1. The van der Waals surface area contributed by atoms with Crippen molar-refractivity contribution in [2.75, 3.05) is 6.54 Å². The van der Waals surface area contributed by atoms with E-state index in [9.17, 15) is 14.4 Å². The third kappa shape index (κ3) is 7.52. The average Bonchev–Trinajstić information content (AvgIpc) is 3.64. The molecular formula is C36H46N6O6. The number of alkyl carbamates (subject to hydrolysis) is 1. The quantitative estimate of drug-likeness (QED) is 0.371. The molecule has 3 aliphatic rings. The highest BCUT2D eigenvalue weighted by Crippen LogP contribution is 2.35. The van der Waals surface area contributed by atoms with Crippen LogP contribution in [0.3, 0.4) is 0 Å². The Balaban J connectivity index is 1.31. The monoisotopic (exact) mass is 658 g/mol. The lowest BCUT2D eigenvalue weighted by molar-refractivity contribution is -0.139. The Morgan fingerprint density at radius 3 is 2.60 bits per heavy atom. The highest BCUT2D eigenvalue weighted by molar-refractivity contribution is 5.89. The second-order valence-electron chi connectivity index (χ2n) is 14.4. The number of amides is 2. The molecule has 2 aromatic heterocycles. The van der Waals surface area contributed by atoms with Gasteiger partial charge in [-0.1, -0.05) is 40.5 Å². The molecule has 2 amide bonds. The van der Waals surface area contributed by atoms with Gasteiger partial charge >= 0.3 is 6.09 Å². The van der Waals surface area contributed by atoms with Gasteiger partial charge in [0.2, 0.25) is 11.8 Å². The van der Waals surface area contributed by atoms with Gasteiger partial charge < -0.3 is 29.2 Å². The lowest BCUT2D eigenvalue weighted by atomic mass is 9.85. The van der Waals surface area contributed by atoms with Crippen LogP contribution in [0.4, 0.5) is 4.79 Å². The SMILES string of the molecule is C[C@@H]1[C@@H]2CN(C(=O)[C@H](C(C)(C)C)NC(=O)O[C@@H]3CCC[C@H]3CCCCCc3nc4ccc(OCc5cnccn5)cc4nc3O2)[C@@H]1C=O. The van der Waals surface area contributed by atoms with Crippen LogP contribution in [0.1, 0.15) is 84.0 Å². The number of hydrogen-bond acceptors (Lipinski definition) is 10. The summed E-state index contributed by atoms with van der Waals surface area (Å²) in [5.74, 6) is 0.637. The van der Waals surface area contributed by atoms with Gasteiger partial charge in [0.25, 0.3) is 0 Å².